The van der Waals surface area contributed by atoms with E-state index in [0.29, 0.717) is 0 Å². The van der Waals surface area contributed by atoms with Crippen LogP contribution in [0.3, 0.4) is 0 Å². The van der Waals surface area contributed by atoms with Gasteiger partial charge < -0.3 is 15.2 Å². The Bertz CT molecular complexity index is 537. The summed E-state index contributed by atoms with van der Waals surface area (Å²) in [6.07, 6.45) is 0. The van der Waals surface area contributed by atoms with Crippen LogP contribution in [0.2, 0.25) is 0 Å². The summed E-state index contributed by atoms with van der Waals surface area (Å²) in [5.74, 6) is 0.873. The molecule has 0 bridgehead atoms. The number of methoxy groups -OCH3 is 1. The lowest BCUT2D eigenvalue weighted by molar-refractivity contribution is 0.281. The van der Waals surface area contributed by atoms with E-state index in [1.54, 1.807) is 7.11 Å². The van der Waals surface area contributed by atoms with Gasteiger partial charge in [-0.15, -0.1) is 0 Å². The largest absolute Gasteiger partial charge is 0.497 e. The lowest BCUT2D eigenvalue weighted by Gasteiger charge is -2.15. The Hall–Kier alpha value is -1.84. The van der Waals surface area contributed by atoms with Crippen LogP contribution in [-0.4, -0.2) is 12.2 Å². The van der Waals surface area contributed by atoms with E-state index >= 15 is 0 Å². The van der Waals surface area contributed by atoms with Gasteiger partial charge in [-0.05, 0) is 35.7 Å². The average molecular weight is 271 g/mol. The topological polar surface area (TPSA) is 41.5 Å². The van der Waals surface area contributed by atoms with Crippen LogP contribution < -0.4 is 10.1 Å². The van der Waals surface area contributed by atoms with Crippen molar-refractivity contribution in [3.05, 3.63) is 65.2 Å². The summed E-state index contributed by atoms with van der Waals surface area (Å²) in [6.45, 7) is 3.01. The van der Waals surface area contributed by atoms with Crippen molar-refractivity contribution in [1.29, 1.82) is 0 Å². The second-order valence-corrected chi connectivity index (χ2v) is 4.85. The Labute approximate surface area is 120 Å². The molecule has 20 heavy (non-hydrogen) atoms. The third-order valence-corrected chi connectivity index (χ3v) is 3.41. The highest BCUT2D eigenvalue weighted by molar-refractivity contribution is 5.28. The molecule has 0 aliphatic heterocycles. The summed E-state index contributed by atoms with van der Waals surface area (Å²) in [5.41, 5.74) is 3.35. The van der Waals surface area contributed by atoms with Crippen LogP contribution in [0.1, 0.15) is 29.7 Å². The number of hydrogen-bond donors (Lipinski definition) is 2. The molecule has 2 aromatic carbocycles. The maximum absolute atomic E-state index is 9.17. The van der Waals surface area contributed by atoms with Crippen molar-refractivity contribution in [2.75, 3.05) is 7.11 Å². The number of rotatable bonds is 6. The maximum atomic E-state index is 9.17. The average Bonchev–Trinajstić information content (AvgIpc) is 2.53. The van der Waals surface area contributed by atoms with E-state index in [2.05, 4.69) is 30.4 Å². The molecule has 3 nitrogen and oxygen atoms in total. The summed E-state index contributed by atoms with van der Waals surface area (Å²) in [6, 6.07) is 16.3. The molecule has 0 saturated heterocycles. The molecule has 0 spiro atoms. The first-order chi connectivity index (χ1) is 9.72. The smallest absolute Gasteiger partial charge is 0.118 e. The van der Waals surface area contributed by atoms with Crippen LogP contribution >= 0.6 is 0 Å². The highest BCUT2D eigenvalue weighted by Crippen LogP contribution is 2.16. The number of benzene rings is 2. The fourth-order valence-electron chi connectivity index (χ4n) is 2.09. The predicted octanol–water partition coefficient (Wildman–Crippen LogP) is 3.04. The minimum absolute atomic E-state index is 0.0824. The van der Waals surface area contributed by atoms with E-state index in [4.69, 9.17) is 9.84 Å². The van der Waals surface area contributed by atoms with Crippen molar-refractivity contribution >= 4 is 0 Å². The Morgan fingerprint density at radius 3 is 2.50 bits per heavy atom. The molecule has 1 unspecified atom stereocenters. The molecule has 0 aliphatic rings. The van der Waals surface area contributed by atoms with Gasteiger partial charge in [-0.25, -0.2) is 0 Å². The van der Waals surface area contributed by atoms with Crippen LogP contribution in [-0.2, 0) is 13.2 Å². The fourth-order valence-corrected chi connectivity index (χ4v) is 2.09. The third kappa shape index (κ3) is 3.83. The van der Waals surface area contributed by atoms with Gasteiger partial charge in [0.15, 0.2) is 0 Å². The van der Waals surface area contributed by atoms with Crippen molar-refractivity contribution in [2.45, 2.75) is 26.1 Å². The van der Waals surface area contributed by atoms with Crippen LogP contribution in [0.25, 0.3) is 0 Å². The SMILES string of the molecule is COc1ccc(CNC(C)c2cccc(CO)c2)cc1. The summed E-state index contributed by atoms with van der Waals surface area (Å²) in [5, 5.41) is 12.7. The molecule has 106 valence electrons. The first kappa shape index (κ1) is 14.6. The van der Waals surface area contributed by atoms with Crippen molar-refractivity contribution in [3.8, 4) is 5.75 Å². The Balaban J connectivity index is 1.95. The lowest BCUT2D eigenvalue weighted by atomic mass is 10.1. The van der Waals surface area contributed by atoms with Crippen molar-refractivity contribution < 1.29 is 9.84 Å². The molecule has 2 rings (SSSR count). The van der Waals surface area contributed by atoms with Gasteiger partial charge in [-0.3, -0.25) is 0 Å². The molecule has 3 heteroatoms. The Morgan fingerprint density at radius 1 is 1.10 bits per heavy atom. The van der Waals surface area contributed by atoms with Gasteiger partial charge in [0.25, 0.3) is 0 Å². The van der Waals surface area contributed by atoms with Gasteiger partial charge in [-0.2, -0.15) is 0 Å². The molecule has 2 aromatic rings. The highest BCUT2D eigenvalue weighted by Gasteiger charge is 2.05. The van der Waals surface area contributed by atoms with Gasteiger partial charge in [0, 0.05) is 12.6 Å². The fraction of sp³-hybridized carbons (Fsp3) is 0.294. The molecule has 0 aliphatic carbocycles. The van der Waals surface area contributed by atoms with Crippen LogP contribution in [0.4, 0.5) is 0 Å². The first-order valence-electron chi connectivity index (χ1n) is 6.79. The van der Waals surface area contributed by atoms with Gasteiger partial charge in [0.1, 0.15) is 5.75 Å². The van der Waals surface area contributed by atoms with Crippen molar-refractivity contribution in [2.24, 2.45) is 0 Å². The molecule has 0 amide bonds. The molecule has 0 saturated carbocycles. The van der Waals surface area contributed by atoms with Crippen LogP contribution in [0, 0.1) is 0 Å². The maximum Gasteiger partial charge on any atom is 0.118 e. The molecular weight excluding hydrogens is 250 g/mol. The quantitative estimate of drug-likeness (QED) is 0.848. The lowest BCUT2D eigenvalue weighted by Crippen LogP contribution is -2.18. The molecular formula is C17H21NO2. The number of ether oxygens (including phenoxy) is 1. The molecule has 0 heterocycles. The third-order valence-electron chi connectivity index (χ3n) is 3.41. The van der Waals surface area contributed by atoms with E-state index < -0.39 is 0 Å². The number of hydrogen-bond acceptors (Lipinski definition) is 3. The summed E-state index contributed by atoms with van der Waals surface area (Å²) in [7, 11) is 1.67. The zero-order valence-electron chi connectivity index (χ0n) is 12.0. The van der Waals surface area contributed by atoms with Crippen molar-refractivity contribution in [3.63, 3.8) is 0 Å². The molecule has 0 aromatic heterocycles. The Kier molecular flexibility index (Phi) is 5.16. The second kappa shape index (κ2) is 7.08. The minimum Gasteiger partial charge on any atom is -0.497 e. The van der Waals surface area contributed by atoms with Gasteiger partial charge in [-0.1, -0.05) is 36.4 Å². The molecule has 0 radical (unpaired) electrons. The number of nitrogens with one attached hydrogen (secondary N) is 1. The van der Waals surface area contributed by atoms with E-state index in [1.165, 1.54) is 11.1 Å². The molecule has 1 atom stereocenters. The van der Waals surface area contributed by atoms with E-state index in [-0.39, 0.29) is 12.6 Å². The summed E-state index contributed by atoms with van der Waals surface area (Å²) < 4.78 is 5.15. The predicted molar refractivity (Wildman–Crippen MR) is 80.6 cm³/mol. The van der Waals surface area contributed by atoms with Gasteiger partial charge in [0.05, 0.1) is 13.7 Å². The summed E-state index contributed by atoms with van der Waals surface area (Å²) >= 11 is 0. The Morgan fingerprint density at radius 2 is 1.85 bits per heavy atom. The number of aliphatic hydroxyl groups is 1. The first-order valence-corrected chi connectivity index (χ1v) is 6.79. The van der Waals surface area contributed by atoms with Gasteiger partial charge in [0.2, 0.25) is 0 Å². The van der Waals surface area contributed by atoms with E-state index in [1.807, 2.05) is 30.3 Å². The summed E-state index contributed by atoms with van der Waals surface area (Å²) in [4.78, 5) is 0. The zero-order chi connectivity index (χ0) is 14.4. The number of aliphatic hydroxyl groups excluding tert-OH is 1. The van der Waals surface area contributed by atoms with Crippen molar-refractivity contribution in [1.82, 2.24) is 5.32 Å². The zero-order valence-corrected chi connectivity index (χ0v) is 12.0. The standard InChI is InChI=1S/C17H21NO2/c1-13(16-5-3-4-15(10-16)12-19)18-11-14-6-8-17(20-2)9-7-14/h3-10,13,18-19H,11-12H2,1-2H3. The second-order valence-electron chi connectivity index (χ2n) is 4.85. The van der Waals surface area contributed by atoms with Crippen LogP contribution in [0.5, 0.6) is 5.75 Å². The van der Waals surface area contributed by atoms with E-state index in [0.717, 1.165) is 17.9 Å². The van der Waals surface area contributed by atoms with E-state index in [9.17, 15) is 0 Å². The van der Waals surface area contributed by atoms with Gasteiger partial charge >= 0.3 is 0 Å². The van der Waals surface area contributed by atoms with Crippen LogP contribution in [0.15, 0.2) is 48.5 Å². The minimum atomic E-state index is 0.0824. The molecule has 2 N–H and O–H groups in total. The molecule has 0 fully saturated rings. The highest BCUT2D eigenvalue weighted by atomic mass is 16.5. The normalized spacial score (nSPS) is 12.2. The monoisotopic (exact) mass is 271 g/mol.